The van der Waals surface area contributed by atoms with Crippen molar-refractivity contribution in [2.45, 2.75) is 6.92 Å². The van der Waals surface area contributed by atoms with E-state index < -0.39 is 4.92 Å². The molecule has 1 aromatic carbocycles. The molecule has 8 nitrogen and oxygen atoms in total. The molecule has 0 atom stereocenters. The number of nitro benzene ring substituents is 1. The fraction of sp³-hybridized carbons (Fsp3) is 0.0909. The summed E-state index contributed by atoms with van der Waals surface area (Å²) in [6.07, 6.45) is 0. The number of ether oxygens (including phenoxy) is 1. The first-order valence-corrected chi connectivity index (χ1v) is 5.81. The summed E-state index contributed by atoms with van der Waals surface area (Å²) < 4.78 is 5.46. The lowest BCUT2D eigenvalue weighted by Gasteiger charge is -2.07. The van der Waals surface area contributed by atoms with E-state index in [4.69, 9.17) is 22.2 Å². The number of hydrogen-bond acceptors (Lipinski definition) is 7. The largest absolute Gasteiger partial charge is 0.439 e. The molecule has 2 rings (SSSR count). The minimum atomic E-state index is -0.572. The van der Waals surface area contributed by atoms with Crippen LogP contribution in [0, 0.1) is 17.0 Å². The third-order valence-electron chi connectivity index (χ3n) is 2.30. The lowest BCUT2D eigenvalue weighted by atomic mass is 10.3. The van der Waals surface area contributed by atoms with Crippen LogP contribution in [0.25, 0.3) is 0 Å². The number of nitrogens with zero attached hydrogens (tertiary/aromatic N) is 3. The molecule has 2 aromatic rings. The Labute approximate surface area is 118 Å². The zero-order chi connectivity index (χ0) is 14.7. The Hall–Kier alpha value is -2.45. The van der Waals surface area contributed by atoms with Crippen LogP contribution in [0.4, 0.5) is 11.6 Å². The van der Waals surface area contributed by atoms with Crippen molar-refractivity contribution in [2.24, 2.45) is 5.84 Å². The second-order valence-corrected chi connectivity index (χ2v) is 4.20. The van der Waals surface area contributed by atoms with Gasteiger partial charge in [-0.3, -0.25) is 15.5 Å². The average Bonchev–Trinajstić information content (AvgIpc) is 2.37. The molecule has 0 bridgehead atoms. The van der Waals surface area contributed by atoms with Crippen molar-refractivity contribution in [3.63, 3.8) is 0 Å². The van der Waals surface area contributed by atoms with Gasteiger partial charge in [-0.15, -0.1) is 0 Å². The molecule has 20 heavy (non-hydrogen) atoms. The maximum absolute atomic E-state index is 10.7. The van der Waals surface area contributed by atoms with Crippen molar-refractivity contribution >= 4 is 23.2 Å². The molecule has 0 aliphatic carbocycles. The van der Waals surface area contributed by atoms with Crippen LogP contribution in [0.1, 0.15) is 5.69 Å². The fourth-order valence-electron chi connectivity index (χ4n) is 1.48. The van der Waals surface area contributed by atoms with Gasteiger partial charge in [0.2, 0.25) is 11.8 Å². The number of hydrazine groups is 1. The summed E-state index contributed by atoms with van der Waals surface area (Å²) in [5, 5.41) is 10.6. The monoisotopic (exact) mass is 295 g/mol. The van der Waals surface area contributed by atoms with Crippen LogP contribution in [-0.4, -0.2) is 14.9 Å². The first-order valence-electron chi connectivity index (χ1n) is 5.43. The molecule has 0 radical (unpaired) electrons. The van der Waals surface area contributed by atoms with Crippen LogP contribution in [0.15, 0.2) is 24.3 Å². The van der Waals surface area contributed by atoms with Gasteiger partial charge in [0.25, 0.3) is 5.69 Å². The molecule has 1 heterocycles. The number of aromatic nitrogens is 2. The Kier molecular flexibility index (Phi) is 3.97. The van der Waals surface area contributed by atoms with Crippen LogP contribution in [0.2, 0.25) is 5.02 Å². The highest BCUT2D eigenvalue weighted by atomic mass is 35.5. The first kappa shape index (κ1) is 14.0. The summed E-state index contributed by atoms with van der Waals surface area (Å²) in [7, 11) is 0. The zero-order valence-electron chi connectivity index (χ0n) is 10.3. The molecular weight excluding hydrogens is 286 g/mol. The SMILES string of the molecule is Cc1cc(Oc2ccc([N+](=O)[O-])c(Cl)c2)nc(NN)n1. The van der Waals surface area contributed by atoms with Gasteiger partial charge in [0.15, 0.2) is 0 Å². The minimum Gasteiger partial charge on any atom is -0.439 e. The van der Waals surface area contributed by atoms with Gasteiger partial charge in [-0.25, -0.2) is 10.8 Å². The van der Waals surface area contributed by atoms with Crippen LogP contribution in [-0.2, 0) is 0 Å². The summed E-state index contributed by atoms with van der Waals surface area (Å²) in [5.41, 5.74) is 2.77. The van der Waals surface area contributed by atoms with Gasteiger partial charge < -0.3 is 4.74 Å². The Balaban J connectivity index is 2.28. The molecule has 0 saturated heterocycles. The first-order chi connectivity index (χ1) is 9.49. The number of anilines is 1. The Morgan fingerprint density at radius 1 is 1.40 bits per heavy atom. The lowest BCUT2D eigenvalue weighted by molar-refractivity contribution is -0.384. The van der Waals surface area contributed by atoms with Gasteiger partial charge in [0.1, 0.15) is 10.8 Å². The van der Waals surface area contributed by atoms with E-state index in [-0.39, 0.29) is 22.5 Å². The van der Waals surface area contributed by atoms with Gasteiger partial charge in [-0.2, -0.15) is 4.98 Å². The number of aryl methyl sites for hydroxylation is 1. The van der Waals surface area contributed by atoms with Gasteiger partial charge in [-0.1, -0.05) is 11.6 Å². The second kappa shape index (κ2) is 5.68. The summed E-state index contributed by atoms with van der Waals surface area (Å²) >= 11 is 5.79. The molecule has 1 aromatic heterocycles. The molecule has 0 aliphatic rings. The number of rotatable bonds is 4. The average molecular weight is 296 g/mol. The van der Waals surface area contributed by atoms with E-state index in [1.165, 1.54) is 18.2 Å². The van der Waals surface area contributed by atoms with E-state index in [0.717, 1.165) is 0 Å². The fourth-order valence-corrected chi connectivity index (χ4v) is 1.72. The third kappa shape index (κ3) is 3.11. The Bertz CT molecular complexity index is 665. The van der Waals surface area contributed by atoms with E-state index in [1.54, 1.807) is 13.0 Å². The van der Waals surface area contributed by atoms with E-state index in [9.17, 15) is 10.1 Å². The zero-order valence-corrected chi connectivity index (χ0v) is 11.1. The van der Waals surface area contributed by atoms with Crippen molar-refractivity contribution in [3.05, 3.63) is 45.1 Å². The molecule has 104 valence electrons. The number of hydrogen-bond donors (Lipinski definition) is 2. The lowest BCUT2D eigenvalue weighted by Crippen LogP contribution is -2.11. The van der Waals surface area contributed by atoms with Gasteiger partial charge in [0, 0.05) is 23.9 Å². The highest BCUT2D eigenvalue weighted by Crippen LogP contribution is 2.30. The van der Waals surface area contributed by atoms with Crippen molar-refractivity contribution < 1.29 is 9.66 Å². The molecule has 9 heteroatoms. The van der Waals surface area contributed by atoms with Crippen LogP contribution in [0.3, 0.4) is 0 Å². The van der Waals surface area contributed by atoms with Crippen molar-refractivity contribution in [1.82, 2.24) is 9.97 Å². The third-order valence-corrected chi connectivity index (χ3v) is 2.60. The van der Waals surface area contributed by atoms with Crippen molar-refractivity contribution in [3.8, 4) is 11.6 Å². The smallest absolute Gasteiger partial charge is 0.288 e. The van der Waals surface area contributed by atoms with E-state index >= 15 is 0 Å². The number of nitrogens with two attached hydrogens (primary N) is 1. The summed E-state index contributed by atoms with van der Waals surface area (Å²) in [6, 6.07) is 5.62. The number of benzene rings is 1. The molecule has 0 unspecified atom stereocenters. The van der Waals surface area contributed by atoms with Gasteiger partial charge in [-0.05, 0) is 13.0 Å². The number of nitro groups is 1. The van der Waals surface area contributed by atoms with Crippen molar-refractivity contribution in [1.29, 1.82) is 0 Å². The van der Waals surface area contributed by atoms with Crippen LogP contribution < -0.4 is 16.0 Å². The normalized spacial score (nSPS) is 10.2. The second-order valence-electron chi connectivity index (χ2n) is 3.79. The number of nitrogens with one attached hydrogen (secondary N) is 1. The van der Waals surface area contributed by atoms with Crippen LogP contribution in [0.5, 0.6) is 11.6 Å². The highest BCUT2D eigenvalue weighted by molar-refractivity contribution is 6.32. The minimum absolute atomic E-state index is 0.0181. The Morgan fingerprint density at radius 2 is 2.15 bits per heavy atom. The molecule has 3 N–H and O–H groups in total. The van der Waals surface area contributed by atoms with E-state index in [0.29, 0.717) is 11.4 Å². The molecular formula is C11H10ClN5O3. The molecule has 0 amide bonds. The van der Waals surface area contributed by atoms with Gasteiger partial charge in [0.05, 0.1) is 4.92 Å². The number of nitrogen functional groups attached to an aromatic ring is 1. The van der Waals surface area contributed by atoms with E-state index in [1.807, 2.05) is 0 Å². The predicted molar refractivity (Wildman–Crippen MR) is 72.8 cm³/mol. The summed E-state index contributed by atoms with van der Waals surface area (Å²) in [5.74, 6) is 6.00. The summed E-state index contributed by atoms with van der Waals surface area (Å²) in [6.45, 7) is 1.75. The van der Waals surface area contributed by atoms with Crippen LogP contribution >= 0.6 is 11.6 Å². The standard InChI is InChI=1S/C11H10ClN5O3/c1-6-4-10(15-11(14-6)16-13)20-7-2-3-9(17(18)19)8(12)5-7/h2-5H,13H2,1H3,(H,14,15,16). The molecule has 0 spiro atoms. The maximum atomic E-state index is 10.7. The quantitative estimate of drug-likeness (QED) is 0.505. The molecule has 0 fully saturated rings. The van der Waals surface area contributed by atoms with Crippen molar-refractivity contribution in [2.75, 3.05) is 5.43 Å². The number of halogens is 1. The highest BCUT2D eigenvalue weighted by Gasteiger charge is 2.13. The molecule has 0 aliphatic heterocycles. The summed E-state index contributed by atoms with van der Waals surface area (Å²) in [4.78, 5) is 18.1. The predicted octanol–water partition coefficient (Wildman–Crippen LogP) is 2.42. The van der Waals surface area contributed by atoms with Gasteiger partial charge >= 0.3 is 0 Å². The van der Waals surface area contributed by atoms with E-state index in [2.05, 4.69) is 15.4 Å². The molecule has 0 saturated carbocycles. The Morgan fingerprint density at radius 3 is 2.75 bits per heavy atom. The topological polar surface area (TPSA) is 116 Å². The maximum Gasteiger partial charge on any atom is 0.288 e.